The molecule has 1 aromatic rings. The lowest BCUT2D eigenvalue weighted by atomic mass is 9.93. The number of nitrogens with one attached hydrogen (secondary N) is 1. The summed E-state index contributed by atoms with van der Waals surface area (Å²) in [4.78, 5) is 1.52. The maximum Gasteiger partial charge on any atom is 0.150 e. The molecular weight excluding hydrogens is 393 g/mol. The highest BCUT2D eigenvalue weighted by Crippen LogP contribution is 2.36. The van der Waals surface area contributed by atoms with Crippen LogP contribution in [0.2, 0.25) is 0 Å². The maximum absolute atomic E-state index is 11.5. The molecule has 1 saturated heterocycles. The quantitative estimate of drug-likeness (QED) is 0.779. The first kappa shape index (κ1) is 14.3. The van der Waals surface area contributed by atoms with Crippen molar-refractivity contribution in [2.45, 2.75) is 31.7 Å². The van der Waals surface area contributed by atoms with Crippen molar-refractivity contribution in [3.05, 3.63) is 19.4 Å². The summed E-state index contributed by atoms with van der Waals surface area (Å²) < 4.78 is 24.3. The van der Waals surface area contributed by atoms with E-state index in [2.05, 4.69) is 34.0 Å². The van der Waals surface area contributed by atoms with Crippen LogP contribution in [0.1, 0.15) is 35.7 Å². The van der Waals surface area contributed by atoms with Crippen LogP contribution in [0.3, 0.4) is 0 Å². The molecule has 2 atom stereocenters. The summed E-state index contributed by atoms with van der Waals surface area (Å²) in [7, 11) is -2.74. The van der Waals surface area contributed by atoms with Gasteiger partial charge in [0.15, 0.2) is 9.84 Å². The molecule has 1 aliphatic heterocycles. The van der Waals surface area contributed by atoms with Crippen molar-refractivity contribution >= 4 is 43.8 Å². The molecule has 3 nitrogen and oxygen atoms in total. The Balaban J connectivity index is 1.62. The number of sulfone groups is 1. The zero-order valence-electron chi connectivity index (χ0n) is 10.7. The largest absolute Gasteiger partial charge is 0.310 e. The van der Waals surface area contributed by atoms with Gasteiger partial charge in [0.25, 0.3) is 0 Å². The summed E-state index contributed by atoms with van der Waals surface area (Å²) >= 11 is 4.30. The van der Waals surface area contributed by atoms with E-state index in [1.54, 1.807) is 0 Å². The first-order chi connectivity index (χ1) is 9.03. The lowest BCUT2D eigenvalue weighted by molar-refractivity contribution is 0.419. The van der Waals surface area contributed by atoms with Crippen LogP contribution in [-0.4, -0.2) is 26.5 Å². The van der Waals surface area contributed by atoms with Crippen LogP contribution < -0.4 is 5.32 Å². The molecule has 2 heterocycles. The van der Waals surface area contributed by atoms with E-state index < -0.39 is 9.84 Å². The molecule has 0 spiro atoms. The molecule has 2 unspecified atom stereocenters. The van der Waals surface area contributed by atoms with Crippen LogP contribution in [0.5, 0.6) is 0 Å². The monoisotopic (exact) mass is 411 g/mol. The van der Waals surface area contributed by atoms with Gasteiger partial charge >= 0.3 is 0 Å². The van der Waals surface area contributed by atoms with Crippen molar-refractivity contribution in [3.8, 4) is 0 Å². The summed E-state index contributed by atoms with van der Waals surface area (Å²) in [6.07, 6.45) is 4.46. The Bertz CT molecular complexity index is 567. The van der Waals surface area contributed by atoms with E-state index in [4.69, 9.17) is 0 Å². The number of hydrogen-bond donors (Lipinski definition) is 1. The molecule has 1 aromatic heterocycles. The fourth-order valence-electron chi connectivity index (χ4n) is 3.08. The standard InChI is InChI=1S/C13H18INO2S2/c14-13-6-10-11(2-1-3-12(10)18-13)15-7-9-4-5-19(16,17)8-9/h6,9,11,15H,1-5,7-8H2. The summed E-state index contributed by atoms with van der Waals surface area (Å²) in [6, 6.07) is 2.73. The van der Waals surface area contributed by atoms with Crippen molar-refractivity contribution in [3.63, 3.8) is 0 Å². The number of aryl methyl sites for hydroxylation is 1. The highest BCUT2D eigenvalue weighted by Gasteiger charge is 2.29. The zero-order valence-corrected chi connectivity index (χ0v) is 14.5. The van der Waals surface area contributed by atoms with Gasteiger partial charge < -0.3 is 5.32 Å². The predicted octanol–water partition coefficient (Wildman–Crippen LogP) is 2.75. The molecule has 3 rings (SSSR count). The van der Waals surface area contributed by atoms with Crippen LogP contribution >= 0.6 is 33.9 Å². The highest BCUT2D eigenvalue weighted by atomic mass is 127. The molecule has 1 N–H and O–H groups in total. The van der Waals surface area contributed by atoms with Crippen molar-refractivity contribution in [2.75, 3.05) is 18.1 Å². The minimum atomic E-state index is -2.74. The van der Waals surface area contributed by atoms with Crippen molar-refractivity contribution in [1.29, 1.82) is 0 Å². The van der Waals surface area contributed by atoms with Gasteiger partial charge in [-0.05, 0) is 72.4 Å². The molecule has 2 aliphatic rings. The van der Waals surface area contributed by atoms with Crippen molar-refractivity contribution in [1.82, 2.24) is 5.32 Å². The van der Waals surface area contributed by atoms with Crippen molar-refractivity contribution in [2.24, 2.45) is 5.92 Å². The van der Waals surface area contributed by atoms with Crippen molar-refractivity contribution < 1.29 is 8.42 Å². The fourth-order valence-corrected chi connectivity index (χ4v) is 7.06. The van der Waals surface area contributed by atoms with Crippen LogP contribution in [0.4, 0.5) is 0 Å². The SMILES string of the molecule is O=S1(=O)CCC(CNC2CCCc3sc(I)cc32)C1. The van der Waals surface area contributed by atoms with Gasteiger partial charge in [-0.3, -0.25) is 0 Å². The first-order valence-corrected chi connectivity index (χ1v) is 10.5. The number of fused-ring (bicyclic) bond motifs is 1. The van der Waals surface area contributed by atoms with Gasteiger partial charge in [-0.1, -0.05) is 0 Å². The topological polar surface area (TPSA) is 46.2 Å². The summed E-state index contributed by atoms with van der Waals surface area (Å²) in [5.74, 6) is 1.07. The Labute approximate surface area is 132 Å². The second kappa shape index (κ2) is 5.61. The first-order valence-electron chi connectivity index (χ1n) is 6.75. The summed E-state index contributed by atoms with van der Waals surface area (Å²) in [5, 5.41) is 3.61. The Kier molecular flexibility index (Phi) is 4.22. The van der Waals surface area contributed by atoms with E-state index >= 15 is 0 Å². The molecule has 0 aromatic carbocycles. The van der Waals surface area contributed by atoms with Gasteiger partial charge in [0.2, 0.25) is 0 Å². The molecule has 106 valence electrons. The summed E-state index contributed by atoms with van der Waals surface area (Å²) in [5.41, 5.74) is 1.46. The molecule has 1 fully saturated rings. The van der Waals surface area contributed by atoms with E-state index in [0.29, 0.717) is 23.5 Å². The van der Waals surface area contributed by atoms with Gasteiger partial charge in [0, 0.05) is 10.9 Å². The molecule has 0 radical (unpaired) electrons. The Morgan fingerprint density at radius 3 is 3.00 bits per heavy atom. The number of halogens is 1. The minimum absolute atomic E-state index is 0.313. The minimum Gasteiger partial charge on any atom is -0.310 e. The third-order valence-corrected chi connectivity index (χ3v) is 7.87. The normalized spacial score (nSPS) is 29.3. The lowest BCUT2D eigenvalue weighted by Gasteiger charge is -2.25. The smallest absolute Gasteiger partial charge is 0.150 e. The average Bonchev–Trinajstić information content (AvgIpc) is 2.88. The van der Waals surface area contributed by atoms with Gasteiger partial charge in [-0.2, -0.15) is 0 Å². The average molecular weight is 411 g/mol. The maximum atomic E-state index is 11.5. The van der Waals surface area contributed by atoms with Crippen LogP contribution in [0.15, 0.2) is 6.07 Å². The van der Waals surface area contributed by atoms with E-state index in [0.717, 1.165) is 13.0 Å². The Morgan fingerprint density at radius 2 is 2.26 bits per heavy atom. The molecule has 0 amide bonds. The van der Waals surface area contributed by atoms with Gasteiger partial charge in [-0.25, -0.2) is 8.42 Å². The molecular formula is C13H18INO2S2. The second-order valence-corrected chi connectivity index (χ2v) is 10.8. The zero-order chi connectivity index (χ0) is 13.5. The third kappa shape index (κ3) is 3.33. The lowest BCUT2D eigenvalue weighted by Crippen LogP contribution is -2.29. The number of rotatable bonds is 3. The fraction of sp³-hybridized carbons (Fsp3) is 0.692. The second-order valence-electron chi connectivity index (χ2n) is 5.55. The molecule has 1 aliphatic carbocycles. The summed E-state index contributed by atoms with van der Waals surface area (Å²) in [6.45, 7) is 0.843. The molecule has 0 saturated carbocycles. The van der Waals surface area contributed by atoms with E-state index in [1.807, 2.05) is 11.3 Å². The van der Waals surface area contributed by atoms with Crippen LogP contribution in [-0.2, 0) is 16.3 Å². The Morgan fingerprint density at radius 1 is 1.42 bits per heavy atom. The number of thiophene rings is 1. The van der Waals surface area contributed by atoms with E-state index in [9.17, 15) is 8.42 Å². The van der Waals surface area contributed by atoms with Gasteiger partial charge in [0.1, 0.15) is 0 Å². The van der Waals surface area contributed by atoms with Crippen LogP contribution in [0, 0.1) is 8.80 Å². The Hall–Kier alpha value is 0.340. The van der Waals surface area contributed by atoms with E-state index in [-0.39, 0.29) is 0 Å². The molecule has 19 heavy (non-hydrogen) atoms. The molecule has 0 bridgehead atoms. The van der Waals surface area contributed by atoms with Gasteiger partial charge in [0.05, 0.1) is 14.4 Å². The number of hydrogen-bond acceptors (Lipinski definition) is 4. The van der Waals surface area contributed by atoms with Gasteiger partial charge in [-0.15, -0.1) is 11.3 Å². The third-order valence-electron chi connectivity index (χ3n) is 4.06. The predicted molar refractivity (Wildman–Crippen MR) is 87.5 cm³/mol. The van der Waals surface area contributed by atoms with Crippen LogP contribution in [0.25, 0.3) is 0 Å². The molecule has 6 heteroatoms. The highest BCUT2D eigenvalue weighted by molar-refractivity contribution is 14.1. The van der Waals surface area contributed by atoms with E-state index in [1.165, 1.54) is 32.6 Å².